The number of methoxy groups -OCH3 is 1. The Bertz CT molecular complexity index is 439. The molecule has 3 nitrogen and oxygen atoms in total. The Morgan fingerprint density at radius 3 is 2.79 bits per heavy atom. The molecule has 2 rings (SSSR count). The van der Waals surface area contributed by atoms with Crippen molar-refractivity contribution in [3.63, 3.8) is 0 Å². The van der Waals surface area contributed by atoms with Crippen molar-refractivity contribution in [2.75, 3.05) is 7.11 Å². The molecule has 72 valence electrons. The van der Waals surface area contributed by atoms with E-state index >= 15 is 0 Å². The van der Waals surface area contributed by atoms with Crippen LogP contribution >= 0.6 is 11.6 Å². The standard InChI is InChI=1S/C10H9ClN2O/c1-14-10-5-3-2-4-9(10)13-7-8(11)6-12-13/h2-7H,1H3. The molecule has 0 atom stereocenters. The zero-order valence-corrected chi connectivity index (χ0v) is 8.40. The molecule has 0 saturated carbocycles. The first-order chi connectivity index (χ1) is 6.81. The van der Waals surface area contributed by atoms with Crippen molar-refractivity contribution >= 4 is 11.6 Å². The number of halogens is 1. The van der Waals surface area contributed by atoms with Crippen LogP contribution in [-0.2, 0) is 0 Å². The van der Waals surface area contributed by atoms with Crippen LogP contribution in [0.4, 0.5) is 0 Å². The summed E-state index contributed by atoms with van der Waals surface area (Å²) in [6.45, 7) is 0. The maximum Gasteiger partial charge on any atom is 0.144 e. The molecule has 2 aromatic rings. The number of ether oxygens (including phenoxy) is 1. The van der Waals surface area contributed by atoms with Gasteiger partial charge in [-0.1, -0.05) is 23.7 Å². The van der Waals surface area contributed by atoms with E-state index in [0.717, 1.165) is 11.4 Å². The van der Waals surface area contributed by atoms with Gasteiger partial charge < -0.3 is 4.74 Å². The highest BCUT2D eigenvalue weighted by Gasteiger charge is 2.04. The Morgan fingerprint density at radius 2 is 2.14 bits per heavy atom. The molecule has 0 radical (unpaired) electrons. The summed E-state index contributed by atoms with van der Waals surface area (Å²) in [5.74, 6) is 0.771. The lowest BCUT2D eigenvalue weighted by Crippen LogP contribution is -1.97. The van der Waals surface area contributed by atoms with Gasteiger partial charge in [-0.15, -0.1) is 0 Å². The third-order valence-corrected chi connectivity index (χ3v) is 2.08. The summed E-state index contributed by atoms with van der Waals surface area (Å²) in [5.41, 5.74) is 0.877. The van der Waals surface area contributed by atoms with Gasteiger partial charge in [0.05, 0.1) is 18.3 Å². The maximum atomic E-state index is 5.78. The van der Waals surface area contributed by atoms with E-state index in [4.69, 9.17) is 16.3 Å². The predicted octanol–water partition coefficient (Wildman–Crippen LogP) is 2.53. The first kappa shape index (κ1) is 9.09. The van der Waals surface area contributed by atoms with E-state index in [2.05, 4.69) is 5.10 Å². The second-order valence-electron chi connectivity index (χ2n) is 2.77. The smallest absolute Gasteiger partial charge is 0.144 e. The summed E-state index contributed by atoms with van der Waals surface area (Å²) in [5, 5.41) is 4.71. The number of benzene rings is 1. The third kappa shape index (κ3) is 1.59. The van der Waals surface area contributed by atoms with Crippen molar-refractivity contribution in [1.29, 1.82) is 0 Å². The molecular formula is C10H9ClN2O. The van der Waals surface area contributed by atoms with Crippen LogP contribution in [0.5, 0.6) is 5.75 Å². The fraction of sp³-hybridized carbons (Fsp3) is 0.100. The molecule has 0 aliphatic carbocycles. The molecule has 0 bridgehead atoms. The van der Waals surface area contributed by atoms with Crippen LogP contribution < -0.4 is 4.74 Å². The predicted molar refractivity (Wildman–Crippen MR) is 55.1 cm³/mol. The van der Waals surface area contributed by atoms with Gasteiger partial charge in [0, 0.05) is 6.20 Å². The van der Waals surface area contributed by atoms with Crippen LogP contribution in [0.2, 0.25) is 5.02 Å². The molecule has 0 amide bonds. The Balaban J connectivity index is 2.50. The van der Waals surface area contributed by atoms with Gasteiger partial charge >= 0.3 is 0 Å². The van der Waals surface area contributed by atoms with Gasteiger partial charge in [-0.25, -0.2) is 4.68 Å². The van der Waals surface area contributed by atoms with Crippen molar-refractivity contribution in [3.8, 4) is 11.4 Å². The number of aromatic nitrogens is 2. The molecule has 0 fully saturated rings. The lowest BCUT2D eigenvalue weighted by Gasteiger charge is -2.06. The minimum atomic E-state index is 0.607. The highest BCUT2D eigenvalue weighted by Crippen LogP contribution is 2.22. The topological polar surface area (TPSA) is 27.1 Å². The molecule has 0 saturated heterocycles. The van der Waals surface area contributed by atoms with Crippen LogP contribution in [-0.4, -0.2) is 16.9 Å². The van der Waals surface area contributed by atoms with Crippen LogP contribution in [0.15, 0.2) is 36.7 Å². The van der Waals surface area contributed by atoms with Gasteiger partial charge in [-0.3, -0.25) is 0 Å². The minimum absolute atomic E-state index is 0.607. The van der Waals surface area contributed by atoms with Gasteiger partial charge in [-0.2, -0.15) is 5.10 Å². The van der Waals surface area contributed by atoms with E-state index in [9.17, 15) is 0 Å². The molecule has 0 aliphatic heterocycles. The molecular weight excluding hydrogens is 200 g/mol. The molecule has 4 heteroatoms. The first-order valence-corrected chi connectivity index (χ1v) is 4.52. The third-order valence-electron chi connectivity index (χ3n) is 1.88. The fourth-order valence-electron chi connectivity index (χ4n) is 1.25. The number of rotatable bonds is 2. The van der Waals surface area contributed by atoms with Gasteiger partial charge in [0.2, 0.25) is 0 Å². The van der Waals surface area contributed by atoms with Gasteiger partial charge in [-0.05, 0) is 12.1 Å². The Labute approximate surface area is 86.9 Å². The Kier molecular flexibility index (Phi) is 2.41. The zero-order valence-electron chi connectivity index (χ0n) is 7.64. The first-order valence-electron chi connectivity index (χ1n) is 4.15. The summed E-state index contributed by atoms with van der Waals surface area (Å²) in [6, 6.07) is 7.63. The van der Waals surface area contributed by atoms with E-state index in [1.165, 1.54) is 0 Å². The zero-order chi connectivity index (χ0) is 9.97. The Morgan fingerprint density at radius 1 is 1.36 bits per heavy atom. The summed E-state index contributed by atoms with van der Waals surface area (Å²) < 4.78 is 6.89. The van der Waals surface area contributed by atoms with Gasteiger partial charge in [0.25, 0.3) is 0 Å². The number of hydrogen-bond acceptors (Lipinski definition) is 2. The quantitative estimate of drug-likeness (QED) is 0.759. The van der Waals surface area contributed by atoms with Crippen molar-refractivity contribution < 1.29 is 4.74 Å². The minimum Gasteiger partial charge on any atom is -0.494 e. The average Bonchev–Trinajstić information content (AvgIpc) is 2.65. The normalized spacial score (nSPS) is 10.1. The second kappa shape index (κ2) is 3.72. The van der Waals surface area contributed by atoms with Crippen LogP contribution in [0, 0.1) is 0 Å². The number of para-hydroxylation sites is 2. The van der Waals surface area contributed by atoms with Crippen LogP contribution in [0.1, 0.15) is 0 Å². The van der Waals surface area contributed by atoms with E-state index in [-0.39, 0.29) is 0 Å². The maximum absolute atomic E-state index is 5.78. The van der Waals surface area contributed by atoms with Gasteiger partial charge in [0.1, 0.15) is 11.4 Å². The van der Waals surface area contributed by atoms with Crippen LogP contribution in [0.3, 0.4) is 0 Å². The summed E-state index contributed by atoms with van der Waals surface area (Å²) >= 11 is 5.78. The largest absolute Gasteiger partial charge is 0.494 e. The van der Waals surface area contributed by atoms with E-state index in [1.54, 1.807) is 24.2 Å². The summed E-state index contributed by atoms with van der Waals surface area (Å²) in [4.78, 5) is 0. The second-order valence-corrected chi connectivity index (χ2v) is 3.21. The van der Waals surface area contributed by atoms with Crippen molar-refractivity contribution in [2.24, 2.45) is 0 Å². The molecule has 0 spiro atoms. The van der Waals surface area contributed by atoms with Crippen molar-refractivity contribution in [1.82, 2.24) is 9.78 Å². The van der Waals surface area contributed by atoms with E-state index in [0.29, 0.717) is 5.02 Å². The monoisotopic (exact) mass is 208 g/mol. The number of hydrogen-bond donors (Lipinski definition) is 0. The SMILES string of the molecule is COc1ccccc1-n1cc(Cl)cn1. The van der Waals surface area contributed by atoms with E-state index in [1.807, 2.05) is 24.3 Å². The van der Waals surface area contributed by atoms with Crippen LogP contribution in [0.25, 0.3) is 5.69 Å². The highest BCUT2D eigenvalue weighted by atomic mass is 35.5. The fourth-order valence-corrected chi connectivity index (χ4v) is 1.39. The molecule has 0 N–H and O–H groups in total. The molecule has 14 heavy (non-hydrogen) atoms. The molecule has 1 heterocycles. The van der Waals surface area contributed by atoms with E-state index < -0.39 is 0 Å². The van der Waals surface area contributed by atoms with Gasteiger partial charge in [0.15, 0.2) is 0 Å². The number of nitrogens with zero attached hydrogens (tertiary/aromatic N) is 2. The van der Waals surface area contributed by atoms with Crippen molar-refractivity contribution in [2.45, 2.75) is 0 Å². The lowest BCUT2D eigenvalue weighted by molar-refractivity contribution is 0.411. The summed E-state index contributed by atoms with van der Waals surface area (Å²) in [6.07, 6.45) is 3.33. The molecule has 0 unspecified atom stereocenters. The Hall–Kier alpha value is -1.48. The van der Waals surface area contributed by atoms with Crippen molar-refractivity contribution in [3.05, 3.63) is 41.7 Å². The molecule has 1 aromatic carbocycles. The lowest BCUT2D eigenvalue weighted by atomic mass is 10.3. The molecule has 0 aliphatic rings. The highest BCUT2D eigenvalue weighted by molar-refractivity contribution is 6.30. The molecule has 1 aromatic heterocycles. The average molecular weight is 209 g/mol. The summed E-state index contributed by atoms with van der Waals surface area (Å²) in [7, 11) is 1.63.